The molecule has 0 radical (unpaired) electrons. The lowest BCUT2D eigenvalue weighted by atomic mass is 9.34. The first-order valence-corrected chi connectivity index (χ1v) is 12.8. The van der Waals surface area contributed by atoms with Crippen molar-refractivity contribution in [3.63, 3.8) is 0 Å². The Labute approximate surface area is 217 Å². The van der Waals surface area contributed by atoms with E-state index in [1.807, 2.05) is 13.8 Å². The molecule has 4 aliphatic carbocycles. The van der Waals surface area contributed by atoms with Crippen molar-refractivity contribution in [3.8, 4) is 0 Å². The summed E-state index contributed by atoms with van der Waals surface area (Å²) in [5, 5.41) is 23.1. The third kappa shape index (κ3) is 2.74. The lowest BCUT2D eigenvalue weighted by Crippen LogP contribution is -2.72. The second-order valence-corrected chi connectivity index (χ2v) is 12.8. The molecule has 0 spiro atoms. The zero-order valence-corrected chi connectivity index (χ0v) is 22.9. The molecule has 0 aromatic carbocycles. The van der Waals surface area contributed by atoms with E-state index in [0.717, 1.165) is 20.3 Å². The number of allylic oxidation sites excluding steroid dienone is 1. The average molecular weight is 519 g/mol. The summed E-state index contributed by atoms with van der Waals surface area (Å²) in [6, 6.07) is 0. The van der Waals surface area contributed by atoms with Gasteiger partial charge in [0.25, 0.3) is 0 Å². The molecule has 4 rings (SSSR count). The van der Waals surface area contributed by atoms with Gasteiger partial charge in [-0.1, -0.05) is 32.4 Å². The Morgan fingerprint density at radius 1 is 1.00 bits per heavy atom. The fourth-order valence-corrected chi connectivity index (χ4v) is 9.00. The molecule has 0 bridgehead atoms. The van der Waals surface area contributed by atoms with Crippen LogP contribution in [-0.4, -0.2) is 64.4 Å². The minimum absolute atomic E-state index is 0.200. The van der Waals surface area contributed by atoms with Gasteiger partial charge >= 0.3 is 11.9 Å². The van der Waals surface area contributed by atoms with E-state index in [1.165, 1.54) is 26.8 Å². The van der Waals surface area contributed by atoms with Gasteiger partial charge in [-0.15, -0.1) is 0 Å². The number of carbonyl (C=O) groups excluding carboxylic acids is 5. The van der Waals surface area contributed by atoms with E-state index < -0.39 is 67.9 Å². The number of ether oxygens (including phenoxy) is 2. The molecule has 4 aliphatic rings. The van der Waals surface area contributed by atoms with E-state index in [-0.39, 0.29) is 18.8 Å². The molecule has 0 unspecified atom stereocenters. The number of methoxy groups -OCH3 is 1. The van der Waals surface area contributed by atoms with Gasteiger partial charge in [0.15, 0.2) is 22.6 Å². The number of Topliss-reactive ketones (excluding diaryl/α,β-unsaturated/α-hetero) is 2. The molecular formula is C28H38O9. The number of rotatable bonds is 3. The lowest BCUT2D eigenvalue weighted by molar-refractivity contribution is -0.208. The first kappa shape index (κ1) is 27.6. The summed E-state index contributed by atoms with van der Waals surface area (Å²) in [4.78, 5) is 66.7. The van der Waals surface area contributed by atoms with Gasteiger partial charge in [-0.25, -0.2) is 0 Å². The van der Waals surface area contributed by atoms with E-state index in [2.05, 4.69) is 0 Å². The van der Waals surface area contributed by atoms with Crippen LogP contribution in [0.1, 0.15) is 74.1 Å². The third-order valence-electron chi connectivity index (χ3n) is 10.9. The van der Waals surface area contributed by atoms with Crippen molar-refractivity contribution >= 4 is 29.8 Å². The summed E-state index contributed by atoms with van der Waals surface area (Å²) in [5.74, 6) is -3.78. The molecule has 0 aromatic heterocycles. The first-order chi connectivity index (χ1) is 16.8. The number of hydrogen-bond acceptors (Lipinski definition) is 9. The molecule has 9 nitrogen and oxygen atoms in total. The molecule has 2 N–H and O–H groups in total. The van der Waals surface area contributed by atoms with Crippen molar-refractivity contribution < 1.29 is 43.7 Å². The molecule has 0 amide bonds. The van der Waals surface area contributed by atoms with Crippen LogP contribution < -0.4 is 0 Å². The van der Waals surface area contributed by atoms with Crippen molar-refractivity contribution in [1.29, 1.82) is 0 Å². The topological polar surface area (TPSA) is 144 Å². The highest BCUT2D eigenvalue weighted by atomic mass is 16.5. The summed E-state index contributed by atoms with van der Waals surface area (Å²) in [5.41, 5.74) is -11.9. The molecule has 3 saturated carbocycles. The van der Waals surface area contributed by atoms with E-state index in [9.17, 15) is 34.2 Å². The van der Waals surface area contributed by atoms with Crippen LogP contribution in [-0.2, 0) is 33.4 Å². The molecule has 0 saturated heterocycles. The summed E-state index contributed by atoms with van der Waals surface area (Å²) in [7, 11) is 1.10. The zero-order chi connectivity index (χ0) is 28.2. The maximum Gasteiger partial charge on any atom is 0.321 e. The predicted octanol–water partition coefficient (Wildman–Crippen LogP) is 2.10. The van der Waals surface area contributed by atoms with Crippen LogP contribution in [0.15, 0.2) is 11.6 Å². The van der Waals surface area contributed by atoms with Gasteiger partial charge < -0.3 is 24.5 Å². The smallest absolute Gasteiger partial charge is 0.321 e. The summed E-state index contributed by atoms with van der Waals surface area (Å²) in [6.45, 7) is 10.6. The average Bonchev–Trinajstić information content (AvgIpc) is 2.93. The minimum atomic E-state index is -2.54. The number of ketones is 2. The fourth-order valence-electron chi connectivity index (χ4n) is 9.00. The number of aliphatic hydroxyl groups is 2. The fraction of sp³-hybridized carbons (Fsp3) is 0.750. The SMILES string of the molecule is COC(=O)[C@@]12C(=O)[C@](C)(O)C(=O)[C@]1(C)[C@](C)(O)C=C1[C@]3(C=O)CC[C@H](OC(C)=O)C(C)(C)[C@H]3CC[C@@]12C. The van der Waals surface area contributed by atoms with Crippen LogP contribution in [0.25, 0.3) is 0 Å². The molecular weight excluding hydrogens is 480 g/mol. The molecule has 3 fully saturated rings. The minimum Gasteiger partial charge on any atom is -0.468 e. The highest BCUT2D eigenvalue weighted by molar-refractivity contribution is 6.29. The van der Waals surface area contributed by atoms with Crippen molar-refractivity contribution in [2.24, 2.45) is 33.0 Å². The second kappa shape index (κ2) is 7.59. The van der Waals surface area contributed by atoms with E-state index in [4.69, 9.17) is 9.47 Å². The van der Waals surface area contributed by atoms with Gasteiger partial charge in [-0.2, -0.15) is 0 Å². The quantitative estimate of drug-likeness (QED) is 0.248. The number of hydrogen-bond donors (Lipinski definition) is 2. The van der Waals surface area contributed by atoms with Crippen molar-refractivity contribution in [2.75, 3.05) is 7.11 Å². The van der Waals surface area contributed by atoms with Crippen LogP contribution >= 0.6 is 0 Å². The predicted molar refractivity (Wildman–Crippen MR) is 130 cm³/mol. The largest absolute Gasteiger partial charge is 0.468 e. The zero-order valence-electron chi connectivity index (χ0n) is 22.9. The summed E-state index contributed by atoms with van der Waals surface area (Å²) < 4.78 is 10.8. The molecule has 37 heavy (non-hydrogen) atoms. The van der Waals surface area contributed by atoms with E-state index in [1.54, 1.807) is 6.92 Å². The van der Waals surface area contributed by atoms with Crippen molar-refractivity contribution in [2.45, 2.75) is 91.5 Å². The van der Waals surface area contributed by atoms with Gasteiger partial charge in [0.2, 0.25) is 0 Å². The Morgan fingerprint density at radius 2 is 1.59 bits per heavy atom. The Morgan fingerprint density at radius 3 is 2.11 bits per heavy atom. The Bertz CT molecular complexity index is 1150. The normalized spacial score (nSPS) is 48.2. The van der Waals surface area contributed by atoms with Gasteiger partial charge in [0.05, 0.1) is 23.5 Å². The van der Waals surface area contributed by atoms with Crippen molar-refractivity contribution in [3.05, 3.63) is 11.6 Å². The number of esters is 2. The highest BCUT2D eigenvalue weighted by Gasteiger charge is 2.88. The van der Waals surface area contributed by atoms with Gasteiger partial charge in [-0.3, -0.25) is 19.2 Å². The number of carbonyl (C=O) groups is 5. The molecule has 0 heterocycles. The van der Waals surface area contributed by atoms with Crippen LogP contribution in [0.5, 0.6) is 0 Å². The van der Waals surface area contributed by atoms with Crippen LogP contribution in [0, 0.1) is 33.0 Å². The van der Waals surface area contributed by atoms with E-state index in [0.29, 0.717) is 18.4 Å². The number of aldehydes is 1. The van der Waals surface area contributed by atoms with Crippen molar-refractivity contribution in [1.82, 2.24) is 0 Å². The first-order valence-electron chi connectivity index (χ1n) is 12.8. The van der Waals surface area contributed by atoms with E-state index >= 15 is 0 Å². The van der Waals surface area contributed by atoms with Gasteiger partial charge in [0, 0.05) is 17.8 Å². The van der Waals surface area contributed by atoms with Gasteiger partial charge in [0.1, 0.15) is 12.4 Å². The third-order valence-corrected chi connectivity index (χ3v) is 10.9. The number of fused-ring (bicyclic) bond motifs is 5. The Balaban J connectivity index is 2.07. The molecule has 9 heteroatoms. The summed E-state index contributed by atoms with van der Waals surface area (Å²) >= 11 is 0. The highest BCUT2D eigenvalue weighted by Crippen LogP contribution is 2.77. The van der Waals surface area contributed by atoms with Crippen LogP contribution in [0.4, 0.5) is 0 Å². The summed E-state index contributed by atoms with van der Waals surface area (Å²) in [6.07, 6.45) is 3.03. The standard InChI is InChI=1S/C28H38O9/c1-15(30)37-18-10-12-27(14-29)16(22(18,2)3)9-11-23(4)17(27)13-24(5,34)26(7)19(31)25(6,35)20(32)28(23,26)21(33)36-8/h13-14,16,18,34-35H,9-12H2,1-8H3/t16-,18+,23+,24-,25-,26-,27+,28-/m1/s1. The van der Waals surface area contributed by atoms with Crippen LogP contribution in [0.3, 0.4) is 0 Å². The lowest BCUT2D eigenvalue weighted by Gasteiger charge is -2.67. The molecule has 0 aliphatic heterocycles. The van der Waals surface area contributed by atoms with Crippen LogP contribution in [0.2, 0.25) is 0 Å². The second-order valence-electron chi connectivity index (χ2n) is 12.8. The molecule has 8 atom stereocenters. The van der Waals surface area contributed by atoms with Gasteiger partial charge in [-0.05, 0) is 52.4 Å². The maximum atomic E-state index is 14.1. The monoisotopic (exact) mass is 518 g/mol. The maximum absolute atomic E-state index is 14.1. The molecule has 0 aromatic rings. The Hall–Kier alpha value is -2.39. The molecule has 204 valence electrons. The Kier molecular flexibility index (Phi) is 5.67.